The van der Waals surface area contributed by atoms with Crippen LogP contribution in [-0.2, 0) is 6.42 Å². The molecule has 16 heavy (non-hydrogen) atoms. The summed E-state index contributed by atoms with van der Waals surface area (Å²) in [5, 5.41) is 0. The van der Waals surface area contributed by atoms with Crippen molar-refractivity contribution in [3.8, 4) is 11.1 Å². The van der Waals surface area contributed by atoms with E-state index in [0.29, 0.717) is 0 Å². The lowest BCUT2D eigenvalue weighted by Crippen LogP contribution is -2.04. The molecule has 0 amide bonds. The predicted octanol–water partition coefficient (Wildman–Crippen LogP) is 3.28. The maximum Gasteiger partial charge on any atom is 0.0266 e. The van der Waals surface area contributed by atoms with E-state index in [-0.39, 0.29) is 6.04 Å². The first-order valence-electron chi connectivity index (χ1n) is 5.72. The Morgan fingerprint density at radius 1 is 1.00 bits per heavy atom. The van der Waals surface area contributed by atoms with Crippen LogP contribution in [0.15, 0.2) is 42.5 Å². The molecule has 2 aromatic carbocycles. The fourth-order valence-corrected chi connectivity index (χ4v) is 2.42. The molecule has 2 N–H and O–H groups in total. The summed E-state index contributed by atoms with van der Waals surface area (Å²) in [6.07, 6.45) is 1.06. The van der Waals surface area contributed by atoms with E-state index in [0.717, 1.165) is 6.42 Å². The molecular formula is C15H15N. The quantitative estimate of drug-likeness (QED) is 0.654. The fourth-order valence-electron chi connectivity index (χ4n) is 2.42. The molecule has 0 aromatic heterocycles. The zero-order chi connectivity index (χ0) is 11.1. The van der Waals surface area contributed by atoms with Gasteiger partial charge in [-0.1, -0.05) is 36.4 Å². The summed E-state index contributed by atoms with van der Waals surface area (Å²) in [6, 6.07) is 15.3. The molecule has 0 spiro atoms. The van der Waals surface area contributed by atoms with E-state index in [1.165, 1.54) is 27.8 Å². The normalized spacial score (nSPS) is 14.4. The predicted molar refractivity (Wildman–Crippen MR) is 67.3 cm³/mol. The van der Waals surface area contributed by atoms with Crippen molar-refractivity contribution in [2.45, 2.75) is 19.4 Å². The summed E-state index contributed by atoms with van der Waals surface area (Å²) < 4.78 is 0. The first-order valence-corrected chi connectivity index (χ1v) is 5.72. The summed E-state index contributed by atoms with van der Waals surface area (Å²) in [7, 11) is 0. The van der Waals surface area contributed by atoms with E-state index in [1.807, 2.05) is 6.92 Å². The zero-order valence-corrected chi connectivity index (χ0v) is 9.40. The van der Waals surface area contributed by atoms with Crippen LogP contribution >= 0.6 is 0 Å². The van der Waals surface area contributed by atoms with Crippen LogP contribution in [0, 0.1) is 0 Å². The molecule has 1 aliphatic carbocycles. The molecule has 0 saturated carbocycles. The van der Waals surface area contributed by atoms with Gasteiger partial charge in [0.25, 0.3) is 0 Å². The summed E-state index contributed by atoms with van der Waals surface area (Å²) in [4.78, 5) is 0. The average Bonchev–Trinajstić information content (AvgIpc) is 2.66. The molecule has 0 radical (unpaired) electrons. The average molecular weight is 209 g/mol. The van der Waals surface area contributed by atoms with Crippen molar-refractivity contribution < 1.29 is 0 Å². The third kappa shape index (κ3) is 1.36. The van der Waals surface area contributed by atoms with Gasteiger partial charge in [0.15, 0.2) is 0 Å². The number of fused-ring (bicyclic) bond motifs is 3. The van der Waals surface area contributed by atoms with Crippen molar-refractivity contribution in [1.29, 1.82) is 0 Å². The Morgan fingerprint density at radius 3 is 2.56 bits per heavy atom. The van der Waals surface area contributed by atoms with Gasteiger partial charge in [-0.3, -0.25) is 0 Å². The highest BCUT2D eigenvalue weighted by molar-refractivity contribution is 5.77. The number of hydrogen-bond acceptors (Lipinski definition) is 1. The minimum atomic E-state index is 0.109. The van der Waals surface area contributed by atoms with Crippen molar-refractivity contribution in [3.05, 3.63) is 59.2 Å². The van der Waals surface area contributed by atoms with Crippen LogP contribution in [0.25, 0.3) is 11.1 Å². The molecule has 0 saturated heterocycles. The highest BCUT2D eigenvalue weighted by atomic mass is 14.6. The Bertz CT molecular complexity index is 541. The fraction of sp³-hybridized carbons (Fsp3) is 0.200. The first kappa shape index (κ1) is 9.61. The topological polar surface area (TPSA) is 26.0 Å². The van der Waals surface area contributed by atoms with Gasteiger partial charge in [0.05, 0.1) is 0 Å². The van der Waals surface area contributed by atoms with Crippen molar-refractivity contribution in [2.75, 3.05) is 0 Å². The van der Waals surface area contributed by atoms with Crippen LogP contribution in [0.2, 0.25) is 0 Å². The van der Waals surface area contributed by atoms with Crippen LogP contribution in [0.4, 0.5) is 0 Å². The number of hydrogen-bond donors (Lipinski definition) is 1. The highest BCUT2D eigenvalue weighted by Gasteiger charge is 2.18. The van der Waals surface area contributed by atoms with E-state index in [2.05, 4.69) is 42.5 Å². The summed E-state index contributed by atoms with van der Waals surface area (Å²) >= 11 is 0. The summed E-state index contributed by atoms with van der Waals surface area (Å²) in [5.41, 5.74) is 12.7. The van der Waals surface area contributed by atoms with E-state index in [9.17, 15) is 0 Å². The van der Waals surface area contributed by atoms with Crippen molar-refractivity contribution in [2.24, 2.45) is 5.73 Å². The zero-order valence-electron chi connectivity index (χ0n) is 9.40. The monoisotopic (exact) mass is 209 g/mol. The van der Waals surface area contributed by atoms with Crippen LogP contribution in [0.3, 0.4) is 0 Å². The van der Waals surface area contributed by atoms with E-state index in [1.54, 1.807) is 0 Å². The van der Waals surface area contributed by atoms with E-state index >= 15 is 0 Å². The lowest BCUT2D eigenvalue weighted by molar-refractivity contribution is 0.818. The van der Waals surface area contributed by atoms with Crippen molar-refractivity contribution in [1.82, 2.24) is 0 Å². The third-order valence-corrected chi connectivity index (χ3v) is 3.35. The molecule has 0 heterocycles. The maximum absolute atomic E-state index is 5.93. The van der Waals surface area contributed by atoms with Gasteiger partial charge in [0.2, 0.25) is 0 Å². The molecule has 3 rings (SSSR count). The Kier molecular flexibility index (Phi) is 2.08. The lowest BCUT2D eigenvalue weighted by atomic mass is 10.0. The summed E-state index contributed by atoms with van der Waals surface area (Å²) in [5.74, 6) is 0. The van der Waals surface area contributed by atoms with Crippen LogP contribution < -0.4 is 5.73 Å². The highest BCUT2D eigenvalue weighted by Crippen LogP contribution is 2.37. The standard InChI is InChI=1S/C15H15N/c1-10(16)11-6-7-13-8-12-4-2-3-5-14(12)15(13)9-11/h2-7,9-10H,8,16H2,1H3. The van der Waals surface area contributed by atoms with Crippen molar-refractivity contribution in [3.63, 3.8) is 0 Å². The van der Waals surface area contributed by atoms with Gasteiger partial charge in [-0.2, -0.15) is 0 Å². The van der Waals surface area contributed by atoms with Gasteiger partial charge in [-0.15, -0.1) is 0 Å². The Balaban J connectivity index is 2.18. The van der Waals surface area contributed by atoms with Crippen LogP contribution in [-0.4, -0.2) is 0 Å². The molecule has 0 bridgehead atoms. The van der Waals surface area contributed by atoms with E-state index < -0.39 is 0 Å². The molecule has 1 unspecified atom stereocenters. The molecule has 1 aliphatic rings. The summed E-state index contributed by atoms with van der Waals surface area (Å²) in [6.45, 7) is 2.03. The van der Waals surface area contributed by atoms with E-state index in [4.69, 9.17) is 5.73 Å². The molecule has 0 fully saturated rings. The SMILES string of the molecule is CC(N)c1ccc2c(c1)-c1ccccc1C2. The minimum absolute atomic E-state index is 0.109. The number of benzene rings is 2. The molecule has 1 nitrogen and oxygen atoms in total. The van der Waals surface area contributed by atoms with Crippen LogP contribution in [0.1, 0.15) is 29.7 Å². The minimum Gasteiger partial charge on any atom is -0.324 e. The maximum atomic E-state index is 5.93. The van der Waals surface area contributed by atoms with Crippen molar-refractivity contribution >= 4 is 0 Å². The van der Waals surface area contributed by atoms with Gasteiger partial charge in [0, 0.05) is 6.04 Å². The largest absolute Gasteiger partial charge is 0.324 e. The Hall–Kier alpha value is -1.60. The van der Waals surface area contributed by atoms with Gasteiger partial charge in [-0.25, -0.2) is 0 Å². The Morgan fingerprint density at radius 2 is 1.75 bits per heavy atom. The second-order valence-electron chi connectivity index (χ2n) is 4.54. The van der Waals surface area contributed by atoms with Gasteiger partial charge < -0.3 is 5.73 Å². The first-order chi connectivity index (χ1) is 7.75. The number of rotatable bonds is 1. The van der Waals surface area contributed by atoms with Crippen LogP contribution in [0.5, 0.6) is 0 Å². The molecule has 2 aromatic rings. The molecular weight excluding hydrogens is 194 g/mol. The van der Waals surface area contributed by atoms with Gasteiger partial charge in [0.1, 0.15) is 0 Å². The molecule has 80 valence electrons. The Labute approximate surface area is 95.9 Å². The lowest BCUT2D eigenvalue weighted by Gasteiger charge is -2.08. The van der Waals surface area contributed by atoms with Gasteiger partial charge in [-0.05, 0) is 47.2 Å². The second-order valence-corrected chi connectivity index (χ2v) is 4.54. The third-order valence-electron chi connectivity index (χ3n) is 3.35. The molecule has 0 aliphatic heterocycles. The van der Waals surface area contributed by atoms with Gasteiger partial charge >= 0.3 is 0 Å². The smallest absolute Gasteiger partial charge is 0.0266 e. The molecule has 1 heteroatoms. The second kappa shape index (κ2) is 3.46. The number of nitrogens with two attached hydrogens (primary N) is 1. The molecule has 1 atom stereocenters.